The molecule has 0 fully saturated rings. The summed E-state index contributed by atoms with van der Waals surface area (Å²) in [7, 11) is 0. The molecule has 0 heterocycles. The first-order valence-electron chi connectivity index (χ1n) is 6.49. The summed E-state index contributed by atoms with van der Waals surface area (Å²) in [6.07, 6.45) is 3.98. The monoisotopic (exact) mass is 249 g/mol. The van der Waals surface area contributed by atoms with Crippen LogP contribution >= 0.6 is 0 Å². The van der Waals surface area contributed by atoms with Crippen molar-refractivity contribution in [3.8, 4) is 0 Å². The van der Waals surface area contributed by atoms with Crippen LogP contribution in [0.3, 0.4) is 0 Å². The zero-order valence-corrected chi connectivity index (χ0v) is 10.5. The molecule has 104 valence electrons. The van der Waals surface area contributed by atoms with Crippen LogP contribution in [0.4, 0.5) is 0 Å². The van der Waals surface area contributed by atoms with E-state index in [0.717, 1.165) is 38.8 Å². The molecule has 5 nitrogen and oxygen atoms in total. The van der Waals surface area contributed by atoms with Gasteiger partial charge in [-0.1, -0.05) is 0 Å². The molecule has 0 rings (SSSR count). The molecule has 2 unspecified atom stereocenters. The molecule has 17 heavy (non-hydrogen) atoms. The standard InChI is InChI=1S/C12H27NO4/c14-9-11(16)5-1-3-7-13-8-4-2-6-12(17)10-15/h11-17H,1-10H2. The minimum Gasteiger partial charge on any atom is -0.394 e. The van der Waals surface area contributed by atoms with Crippen LogP contribution in [0.1, 0.15) is 38.5 Å². The largest absolute Gasteiger partial charge is 0.394 e. The normalized spacial score (nSPS) is 14.8. The predicted octanol–water partition coefficient (Wildman–Crippen LogP) is -0.377. The molecule has 0 amide bonds. The molecular weight excluding hydrogens is 222 g/mol. The lowest BCUT2D eigenvalue weighted by molar-refractivity contribution is 0.0858. The Morgan fingerprint density at radius 3 is 1.47 bits per heavy atom. The molecule has 2 atom stereocenters. The van der Waals surface area contributed by atoms with E-state index in [4.69, 9.17) is 20.4 Å². The second-order valence-electron chi connectivity index (χ2n) is 4.41. The van der Waals surface area contributed by atoms with Crippen molar-refractivity contribution in [3.05, 3.63) is 0 Å². The van der Waals surface area contributed by atoms with Gasteiger partial charge >= 0.3 is 0 Å². The van der Waals surface area contributed by atoms with Gasteiger partial charge in [0, 0.05) is 0 Å². The number of rotatable bonds is 12. The van der Waals surface area contributed by atoms with Crippen LogP contribution in [-0.2, 0) is 0 Å². The zero-order valence-electron chi connectivity index (χ0n) is 10.5. The summed E-state index contributed by atoms with van der Waals surface area (Å²) in [5.74, 6) is 0. The van der Waals surface area contributed by atoms with Crippen molar-refractivity contribution in [1.29, 1.82) is 0 Å². The summed E-state index contributed by atoms with van der Waals surface area (Å²) in [6, 6.07) is 0. The highest BCUT2D eigenvalue weighted by Gasteiger charge is 2.01. The SMILES string of the molecule is OCC(O)CCCCNCCCCC(O)CO. The summed E-state index contributed by atoms with van der Waals surface area (Å²) in [4.78, 5) is 0. The maximum absolute atomic E-state index is 9.09. The Hall–Kier alpha value is -0.200. The summed E-state index contributed by atoms with van der Waals surface area (Å²) >= 11 is 0. The topological polar surface area (TPSA) is 93.0 Å². The molecule has 5 heteroatoms. The van der Waals surface area contributed by atoms with Gasteiger partial charge in [0.25, 0.3) is 0 Å². The minimum absolute atomic E-state index is 0.152. The Labute approximate surface area is 103 Å². The lowest BCUT2D eigenvalue weighted by Crippen LogP contribution is -2.19. The van der Waals surface area contributed by atoms with E-state index >= 15 is 0 Å². The van der Waals surface area contributed by atoms with Gasteiger partial charge in [0.15, 0.2) is 0 Å². The van der Waals surface area contributed by atoms with Gasteiger partial charge in [0.1, 0.15) is 0 Å². The first-order chi connectivity index (χ1) is 8.20. The highest BCUT2D eigenvalue weighted by atomic mass is 16.3. The van der Waals surface area contributed by atoms with Crippen molar-refractivity contribution >= 4 is 0 Å². The second-order valence-corrected chi connectivity index (χ2v) is 4.41. The first kappa shape index (κ1) is 16.8. The zero-order chi connectivity index (χ0) is 12.9. The van der Waals surface area contributed by atoms with Gasteiger partial charge < -0.3 is 25.7 Å². The fourth-order valence-corrected chi connectivity index (χ4v) is 1.57. The maximum atomic E-state index is 9.09. The quantitative estimate of drug-likeness (QED) is 0.304. The molecule has 0 saturated heterocycles. The number of hydrogen-bond acceptors (Lipinski definition) is 5. The molecule has 0 radical (unpaired) electrons. The summed E-state index contributed by atoms with van der Waals surface area (Å²) < 4.78 is 0. The Kier molecular flexibility index (Phi) is 12.1. The molecule has 0 bridgehead atoms. The van der Waals surface area contributed by atoms with Gasteiger partial charge in [0.2, 0.25) is 0 Å². The molecule has 0 aliphatic heterocycles. The van der Waals surface area contributed by atoms with Crippen LogP contribution in [-0.4, -0.2) is 58.9 Å². The van der Waals surface area contributed by atoms with Crippen molar-refractivity contribution in [2.45, 2.75) is 50.7 Å². The van der Waals surface area contributed by atoms with Crippen LogP contribution in [0.15, 0.2) is 0 Å². The Morgan fingerprint density at radius 2 is 1.12 bits per heavy atom. The van der Waals surface area contributed by atoms with Gasteiger partial charge in [-0.2, -0.15) is 0 Å². The van der Waals surface area contributed by atoms with E-state index in [0.29, 0.717) is 12.8 Å². The molecule has 0 aromatic carbocycles. The number of nitrogens with one attached hydrogen (secondary N) is 1. The smallest absolute Gasteiger partial charge is 0.0770 e. The van der Waals surface area contributed by atoms with E-state index in [2.05, 4.69) is 5.32 Å². The molecule has 0 spiro atoms. The highest BCUT2D eigenvalue weighted by Crippen LogP contribution is 2.00. The average Bonchev–Trinajstić information content (AvgIpc) is 2.35. The van der Waals surface area contributed by atoms with Crippen LogP contribution in [0, 0.1) is 0 Å². The Bertz CT molecular complexity index is 141. The molecular formula is C12H27NO4. The number of unbranched alkanes of at least 4 members (excludes halogenated alkanes) is 2. The van der Waals surface area contributed by atoms with Gasteiger partial charge in [-0.25, -0.2) is 0 Å². The molecule has 5 N–H and O–H groups in total. The maximum Gasteiger partial charge on any atom is 0.0770 e. The van der Waals surface area contributed by atoms with Gasteiger partial charge in [-0.3, -0.25) is 0 Å². The van der Waals surface area contributed by atoms with Crippen molar-refractivity contribution in [1.82, 2.24) is 5.32 Å². The number of aliphatic hydroxyl groups is 4. The van der Waals surface area contributed by atoms with Crippen LogP contribution in [0.2, 0.25) is 0 Å². The van der Waals surface area contributed by atoms with Gasteiger partial charge in [0.05, 0.1) is 25.4 Å². The minimum atomic E-state index is -0.574. The number of aliphatic hydroxyl groups excluding tert-OH is 4. The highest BCUT2D eigenvalue weighted by molar-refractivity contribution is 4.57. The third-order valence-corrected chi connectivity index (χ3v) is 2.70. The molecule has 0 saturated carbocycles. The third-order valence-electron chi connectivity index (χ3n) is 2.70. The fourth-order valence-electron chi connectivity index (χ4n) is 1.57. The lowest BCUT2D eigenvalue weighted by Gasteiger charge is -2.08. The molecule has 0 aliphatic rings. The third kappa shape index (κ3) is 12.1. The van der Waals surface area contributed by atoms with Crippen LogP contribution in [0.5, 0.6) is 0 Å². The van der Waals surface area contributed by atoms with Gasteiger partial charge in [-0.05, 0) is 51.6 Å². The average molecular weight is 249 g/mol. The summed E-state index contributed by atoms with van der Waals surface area (Å²) in [5.41, 5.74) is 0. The Balaban J connectivity index is 3.04. The molecule has 0 aromatic heterocycles. The van der Waals surface area contributed by atoms with E-state index in [1.165, 1.54) is 0 Å². The predicted molar refractivity (Wildman–Crippen MR) is 66.8 cm³/mol. The van der Waals surface area contributed by atoms with Crippen LogP contribution < -0.4 is 5.32 Å². The first-order valence-corrected chi connectivity index (χ1v) is 6.49. The van der Waals surface area contributed by atoms with Crippen molar-refractivity contribution in [2.75, 3.05) is 26.3 Å². The van der Waals surface area contributed by atoms with Crippen molar-refractivity contribution < 1.29 is 20.4 Å². The summed E-state index contributed by atoms with van der Waals surface area (Å²) in [5, 5.41) is 38.7. The van der Waals surface area contributed by atoms with Crippen LogP contribution in [0.25, 0.3) is 0 Å². The molecule has 0 aromatic rings. The Morgan fingerprint density at radius 1 is 0.706 bits per heavy atom. The number of hydrogen-bond donors (Lipinski definition) is 5. The van der Waals surface area contributed by atoms with E-state index in [1.54, 1.807) is 0 Å². The van der Waals surface area contributed by atoms with Crippen molar-refractivity contribution in [3.63, 3.8) is 0 Å². The summed E-state index contributed by atoms with van der Waals surface area (Å²) in [6.45, 7) is 1.53. The molecule has 0 aliphatic carbocycles. The van der Waals surface area contributed by atoms with E-state index in [-0.39, 0.29) is 13.2 Å². The van der Waals surface area contributed by atoms with E-state index in [9.17, 15) is 0 Å². The second kappa shape index (κ2) is 12.3. The fraction of sp³-hybridized carbons (Fsp3) is 1.00. The van der Waals surface area contributed by atoms with Crippen molar-refractivity contribution in [2.24, 2.45) is 0 Å². The van der Waals surface area contributed by atoms with E-state index in [1.807, 2.05) is 0 Å². The van der Waals surface area contributed by atoms with E-state index < -0.39 is 12.2 Å². The van der Waals surface area contributed by atoms with Gasteiger partial charge in [-0.15, -0.1) is 0 Å². The lowest BCUT2D eigenvalue weighted by atomic mass is 10.1.